The third-order valence-electron chi connectivity index (χ3n) is 4.00. The molecule has 5 heteroatoms. The average molecular weight is 363 g/mol. The molecule has 136 valence electrons. The first kappa shape index (κ1) is 18.3. The van der Waals surface area contributed by atoms with Crippen molar-refractivity contribution in [2.45, 2.75) is 6.54 Å². The summed E-state index contributed by atoms with van der Waals surface area (Å²) in [4.78, 5) is 23.9. The minimum Gasteiger partial charge on any atom is -0.452 e. The standard InChI is InChI=1S/C22H18FNO3/c23-20-9-5-4-8-19(20)14-24-21(25)15-27-22(26)18-12-10-17(11-13-18)16-6-2-1-3-7-16/h1-13H,14-15H2,(H,24,25). The first-order valence-electron chi connectivity index (χ1n) is 8.46. The van der Waals surface area contributed by atoms with Crippen molar-refractivity contribution in [1.29, 1.82) is 0 Å². The van der Waals surface area contributed by atoms with Gasteiger partial charge in [0.2, 0.25) is 0 Å². The molecule has 3 rings (SSSR count). The summed E-state index contributed by atoms with van der Waals surface area (Å²) in [5, 5.41) is 2.52. The van der Waals surface area contributed by atoms with Gasteiger partial charge in [-0.3, -0.25) is 4.79 Å². The van der Waals surface area contributed by atoms with E-state index < -0.39 is 24.3 Å². The number of esters is 1. The van der Waals surface area contributed by atoms with Gasteiger partial charge in [-0.05, 0) is 29.3 Å². The lowest BCUT2D eigenvalue weighted by atomic mass is 10.0. The second kappa shape index (κ2) is 8.76. The fraction of sp³-hybridized carbons (Fsp3) is 0.0909. The molecule has 0 bridgehead atoms. The van der Waals surface area contributed by atoms with Gasteiger partial charge in [0.25, 0.3) is 5.91 Å². The summed E-state index contributed by atoms with van der Waals surface area (Å²) in [6.45, 7) is -0.386. The Morgan fingerprint density at radius 2 is 1.44 bits per heavy atom. The molecule has 0 aliphatic rings. The highest BCUT2D eigenvalue weighted by atomic mass is 19.1. The second-order valence-corrected chi connectivity index (χ2v) is 5.89. The van der Waals surface area contributed by atoms with Crippen molar-refractivity contribution >= 4 is 11.9 Å². The Balaban J connectivity index is 1.50. The number of hydrogen-bond donors (Lipinski definition) is 1. The average Bonchev–Trinajstić information content (AvgIpc) is 2.72. The molecule has 3 aromatic carbocycles. The van der Waals surface area contributed by atoms with Crippen LogP contribution in [0.25, 0.3) is 11.1 Å². The molecule has 0 atom stereocenters. The van der Waals surface area contributed by atoms with Crippen LogP contribution in [-0.4, -0.2) is 18.5 Å². The van der Waals surface area contributed by atoms with Crippen molar-refractivity contribution < 1.29 is 18.7 Å². The Morgan fingerprint density at radius 1 is 0.815 bits per heavy atom. The molecule has 0 aromatic heterocycles. The van der Waals surface area contributed by atoms with Crippen molar-refractivity contribution in [1.82, 2.24) is 5.32 Å². The van der Waals surface area contributed by atoms with Crippen molar-refractivity contribution in [2.75, 3.05) is 6.61 Å². The predicted octanol–water partition coefficient (Wildman–Crippen LogP) is 3.97. The molecule has 0 unspecified atom stereocenters. The fourth-order valence-electron chi connectivity index (χ4n) is 2.53. The van der Waals surface area contributed by atoms with Crippen LogP contribution in [0.15, 0.2) is 78.9 Å². The number of halogens is 1. The maximum atomic E-state index is 13.5. The molecule has 27 heavy (non-hydrogen) atoms. The lowest BCUT2D eigenvalue weighted by Crippen LogP contribution is -2.28. The van der Waals surface area contributed by atoms with Crippen LogP contribution in [0, 0.1) is 5.82 Å². The Kier molecular flexibility index (Phi) is 5.94. The van der Waals surface area contributed by atoms with Gasteiger partial charge in [-0.2, -0.15) is 0 Å². The van der Waals surface area contributed by atoms with E-state index in [1.165, 1.54) is 6.07 Å². The van der Waals surface area contributed by atoms with Crippen molar-refractivity contribution in [3.05, 3.63) is 95.8 Å². The van der Waals surface area contributed by atoms with Crippen LogP contribution in [0.2, 0.25) is 0 Å². The minimum atomic E-state index is -0.587. The van der Waals surface area contributed by atoms with E-state index in [1.807, 2.05) is 42.5 Å². The van der Waals surface area contributed by atoms with E-state index in [1.54, 1.807) is 30.3 Å². The molecule has 0 aliphatic heterocycles. The summed E-state index contributed by atoms with van der Waals surface area (Å²) < 4.78 is 18.5. The SMILES string of the molecule is O=C(COC(=O)c1ccc(-c2ccccc2)cc1)NCc1ccccc1F. The van der Waals surface area contributed by atoms with E-state index in [0.29, 0.717) is 11.1 Å². The van der Waals surface area contributed by atoms with Gasteiger partial charge in [-0.25, -0.2) is 9.18 Å². The normalized spacial score (nSPS) is 10.3. The van der Waals surface area contributed by atoms with Crippen LogP contribution in [-0.2, 0) is 16.1 Å². The lowest BCUT2D eigenvalue weighted by Gasteiger charge is -2.08. The zero-order chi connectivity index (χ0) is 19.1. The summed E-state index contributed by atoms with van der Waals surface area (Å²) in [6.07, 6.45) is 0. The Bertz CT molecular complexity index is 924. The molecule has 0 radical (unpaired) electrons. The molecule has 0 heterocycles. The molecular weight excluding hydrogens is 345 g/mol. The van der Waals surface area contributed by atoms with E-state index in [4.69, 9.17) is 4.74 Å². The third kappa shape index (κ3) is 5.01. The largest absolute Gasteiger partial charge is 0.452 e. The Labute approximate surface area is 156 Å². The minimum absolute atomic E-state index is 0.0365. The molecule has 1 N–H and O–H groups in total. The second-order valence-electron chi connectivity index (χ2n) is 5.89. The molecule has 3 aromatic rings. The fourth-order valence-corrected chi connectivity index (χ4v) is 2.53. The smallest absolute Gasteiger partial charge is 0.338 e. The monoisotopic (exact) mass is 363 g/mol. The van der Waals surface area contributed by atoms with Crippen LogP contribution in [0.4, 0.5) is 4.39 Å². The zero-order valence-corrected chi connectivity index (χ0v) is 14.5. The number of ether oxygens (including phenoxy) is 1. The summed E-state index contributed by atoms with van der Waals surface area (Å²) >= 11 is 0. The van der Waals surface area contributed by atoms with Gasteiger partial charge in [0.15, 0.2) is 6.61 Å². The number of hydrogen-bond acceptors (Lipinski definition) is 3. The molecule has 0 aliphatic carbocycles. The van der Waals surface area contributed by atoms with Gasteiger partial charge in [0, 0.05) is 12.1 Å². The highest BCUT2D eigenvalue weighted by molar-refractivity contribution is 5.91. The molecule has 0 spiro atoms. The summed E-state index contributed by atoms with van der Waals surface area (Å²) in [7, 11) is 0. The van der Waals surface area contributed by atoms with Gasteiger partial charge in [0.05, 0.1) is 5.56 Å². The maximum absolute atomic E-state index is 13.5. The van der Waals surface area contributed by atoms with Gasteiger partial charge < -0.3 is 10.1 Å². The van der Waals surface area contributed by atoms with Crippen LogP contribution >= 0.6 is 0 Å². The van der Waals surface area contributed by atoms with Crippen molar-refractivity contribution in [3.8, 4) is 11.1 Å². The number of carbonyl (C=O) groups excluding carboxylic acids is 2. The van der Waals surface area contributed by atoms with Gasteiger partial charge in [-0.15, -0.1) is 0 Å². The molecule has 1 amide bonds. The highest BCUT2D eigenvalue weighted by Crippen LogP contribution is 2.19. The van der Waals surface area contributed by atoms with Crippen LogP contribution in [0.3, 0.4) is 0 Å². The zero-order valence-electron chi connectivity index (χ0n) is 14.5. The number of amides is 1. The topological polar surface area (TPSA) is 55.4 Å². The summed E-state index contributed by atoms with van der Waals surface area (Å²) in [5.74, 6) is -1.48. The third-order valence-corrected chi connectivity index (χ3v) is 4.00. The van der Waals surface area contributed by atoms with Crippen molar-refractivity contribution in [2.24, 2.45) is 0 Å². The lowest BCUT2D eigenvalue weighted by molar-refractivity contribution is -0.124. The van der Waals surface area contributed by atoms with Crippen molar-refractivity contribution in [3.63, 3.8) is 0 Å². The van der Waals surface area contributed by atoms with E-state index in [9.17, 15) is 14.0 Å². The number of benzene rings is 3. The number of nitrogens with one attached hydrogen (secondary N) is 1. The van der Waals surface area contributed by atoms with Crippen LogP contribution in [0.5, 0.6) is 0 Å². The predicted molar refractivity (Wildman–Crippen MR) is 100 cm³/mol. The first-order chi connectivity index (χ1) is 13.1. The quantitative estimate of drug-likeness (QED) is 0.675. The summed E-state index contributed by atoms with van der Waals surface area (Å²) in [6, 6.07) is 22.9. The number of carbonyl (C=O) groups is 2. The first-order valence-corrected chi connectivity index (χ1v) is 8.46. The Hall–Kier alpha value is -3.47. The summed E-state index contributed by atoms with van der Waals surface area (Å²) in [5.41, 5.74) is 2.75. The van der Waals surface area contributed by atoms with Gasteiger partial charge in [-0.1, -0.05) is 60.7 Å². The molecule has 0 saturated carbocycles. The van der Waals surface area contributed by atoms with E-state index in [2.05, 4.69) is 5.32 Å². The van der Waals surface area contributed by atoms with Gasteiger partial charge >= 0.3 is 5.97 Å². The van der Waals surface area contributed by atoms with E-state index in [0.717, 1.165) is 11.1 Å². The number of rotatable bonds is 6. The molecule has 4 nitrogen and oxygen atoms in total. The van der Waals surface area contributed by atoms with E-state index in [-0.39, 0.29) is 6.54 Å². The molecule has 0 fully saturated rings. The van der Waals surface area contributed by atoms with Crippen LogP contribution < -0.4 is 5.32 Å². The van der Waals surface area contributed by atoms with Crippen LogP contribution in [0.1, 0.15) is 15.9 Å². The maximum Gasteiger partial charge on any atom is 0.338 e. The Morgan fingerprint density at radius 3 is 2.15 bits per heavy atom. The molecule has 0 saturated heterocycles. The molecular formula is C22H18FNO3. The highest BCUT2D eigenvalue weighted by Gasteiger charge is 2.11. The van der Waals surface area contributed by atoms with Gasteiger partial charge in [0.1, 0.15) is 5.82 Å². The van der Waals surface area contributed by atoms with E-state index >= 15 is 0 Å².